The topological polar surface area (TPSA) is 52.6 Å². The summed E-state index contributed by atoms with van der Waals surface area (Å²) in [6.45, 7) is 22.1. The van der Waals surface area contributed by atoms with Gasteiger partial charge in [0, 0.05) is 0 Å². The molecule has 0 saturated heterocycles. The van der Waals surface area contributed by atoms with E-state index in [1.165, 1.54) is 12.8 Å². The highest BCUT2D eigenvalue weighted by Gasteiger charge is 2.31. The number of rotatable bonds is 23. The Hall–Kier alpha value is -1.06. The minimum Gasteiger partial charge on any atom is -0.459 e. The fourth-order valence-corrected chi connectivity index (χ4v) is 5.18. The van der Waals surface area contributed by atoms with E-state index in [1.807, 2.05) is 0 Å². The molecule has 0 aromatic rings. The maximum absolute atomic E-state index is 12.9. The first-order chi connectivity index (χ1) is 17.7. The first-order valence-corrected chi connectivity index (χ1v) is 16.1. The zero-order chi connectivity index (χ0) is 29.2. The molecule has 0 radical (unpaired) electrons. The second-order valence-corrected chi connectivity index (χ2v) is 14.2. The van der Waals surface area contributed by atoms with Crippen LogP contribution in [0.3, 0.4) is 0 Å². The normalized spacial score (nSPS) is 15.2. The fourth-order valence-electron chi connectivity index (χ4n) is 5.18. The number of hydrogen-bond acceptors (Lipinski definition) is 4. The molecule has 0 aliphatic carbocycles. The SMILES string of the molecule is CC(C)CCCCC(C)(CCCC(C)C)OC(=O)CCC(=O)OC(C)(CCCCC(C)C)CCCC(C)C. The van der Waals surface area contributed by atoms with Crippen LogP contribution in [0.5, 0.6) is 0 Å². The number of carbonyl (C=O) groups is 2. The zero-order valence-electron chi connectivity index (χ0n) is 27.3. The van der Waals surface area contributed by atoms with E-state index < -0.39 is 11.2 Å². The highest BCUT2D eigenvalue weighted by molar-refractivity contribution is 5.78. The van der Waals surface area contributed by atoms with Crippen molar-refractivity contribution in [2.24, 2.45) is 23.7 Å². The highest BCUT2D eigenvalue weighted by Crippen LogP contribution is 2.30. The van der Waals surface area contributed by atoms with Crippen LogP contribution in [0, 0.1) is 23.7 Å². The Labute approximate surface area is 237 Å². The lowest BCUT2D eigenvalue weighted by atomic mass is 9.89. The summed E-state index contributed by atoms with van der Waals surface area (Å²) in [4.78, 5) is 25.7. The van der Waals surface area contributed by atoms with Gasteiger partial charge in [-0.2, -0.15) is 0 Å². The molecular formula is C34H66O4. The molecule has 0 aliphatic heterocycles. The van der Waals surface area contributed by atoms with Crippen molar-refractivity contribution in [1.29, 1.82) is 0 Å². The van der Waals surface area contributed by atoms with Gasteiger partial charge in [0.05, 0.1) is 12.8 Å². The van der Waals surface area contributed by atoms with Gasteiger partial charge in [-0.1, -0.05) is 93.9 Å². The number of hydrogen-bond donors (Lipinski definition) is 0. The van der Waals surface area contributed by atoms with Crippen LogP contribution in [-0.4, -0.2) is 23.1 Å². The molecule has 0 bridgehead atoms. The second kappa shape index (κ2) is 19.9. The van der Waals surface area contributed by atoms with Crippen LogP contribution in [0.1, 0.15) is 172 Å². The van der Waals surface area contributed by atoms with Crippen molar-refractivity contribution in [2.75, 3.05) is 0 Å². The van der Waals surface area contributed by atoms with Crippen molar-refractivity contribution in [3.05, 3.63) is 0 Å². The Bertz CT molecular complexity index is 570. The van der Waals surface area contributed by atoms with E-state index in [9.17, 15) is 9.59 Å². The van der Waals surface area contributed by atoms with Gasteiger partial charge in [-0.05, 0) is 88.9 Å². The van der Waals surface area contributed by atoms with Crippen LogP contribution in [0.4, 0.5) is 0 Å². The van der Waals surface area contributed by atoms with Gasteiger partial charge in [0.1, 0.15) is 11.2 Å². The van der Waals surface area contributed by atoms with Gasteiger partial charge < -0.3 is 9.47 Å². The van der Waals surface area contributed by atoms with E-state index in [-0.39, 0.29) is 24.8 Å². The van der Waals surface area contributed by atoms with Crippen molar-refractivity contribution in [1.82, 2.24) is 0 Å². The third kappa shape index (κ3) is 20.8. The Morgan fingerprint density at radius 2 is 0.737 bits per heavy atom. The van der Waals surface area contributed by atoms with Gasteiger partial charge >= 0.3 is 11.9 Å². The van der Waals surface area contributed by atoms with Crippen molar-refractivity contribution in [2.45, 2.75) is 183 Å². The summed E-state index contributed by atoms with van der Waals surface area (Å²) in [5, 5.41) is 0. The molecule has 0 amide bonds. The van der Waals surface area contributed by atoms with Gasteiger partial charge in [0.2, 0.25) is 0 Å². The number of ether oxygens (including phenoxy) is 2. The van der Waals surface area contributed by atoms with Crippen molar-refractivity contribution < 1.29 is 19.1 Å². The summed E-state index contributed by atoms with van der Waals surface area (Å²) >= 11 is 0. The van der Waals surface area contributed by atoms with E-state index in [1.54, 1.807) is 0 Å². The van der Waals surface area contributed by atoms with Crippen molar-refractivity contribution in [3.8, 4) is 0 Å². The Morgan fingerprint density at radius 3 is 1.03 bits per heavy atom. The van der Waals surface area contributed by atoms with Crippen LogP contribution in [-0.2, 0) is 19.1 Å². The molecule has 0 rings (SSSR count). The Kier molecular flexibility index (Phi) is 19.4. The summed E-state index contributed by atoms with van der Waals surface area (Å²) in [5.74, 6) is 2.15. The highest BCUT2D eigenvalue weighted by atomic mass is 16.6. The van der Waals surface area contributed by atoms with Gasteiger partial charge in [0.15, 0.2) is 0 Å². The molecular weight excluding hydrogens is 472 g/mol. The number of unbranched alkanes of at least 4 members (excludes halogenated alkanes) is 2. The van der Waals surface area contributed by atoms with Crippen LogP contribution < -0.4 is 0 Å². The molecule has 0 aromatic heterocycles. The average molecular weight is 539 g/mol. The lowest BCUT2D eigenvalue weighted by Crippen LogP contribution is -2.34. The lowest BCUT2D eigenvalue weighted by molar-refractivity contribution is -0.167. The maximum atomic E-state index is 12.9. The molecule has 38 heavy (non-hydrogen) atoms. The van der Waals surface area contributed by atoms with Gasteiger partial charge in [-0.25, -0.2) is 0 Å². The molecule has 4 heteroatoms. The lowest BCUT2D eigenvalue weighted by Gasteiger charge is -2.31. The molecule has 226 valence electrons. The summed E-state index contributed by atoms with van der Waals surface area (Å²) < 4.78 is 12.1. The predicted octanol–water partition coefficient (Wildman–Crippen LogP) is 10.5. The Balaban J connectivity index is 4.93. The molecule has 2 unspecified atom stereocenters. The van der Waals surface area contributed by atoms with E-state index in [2.05, 4.69) is 69.2 Å². The smallest absolute Gasteiger partial charge is 0.306 e. The van der Waals surface area contributed by atoms with E-state index in [0.29, 0.717) is 23.7 Å². The molecule has 0 N–H and O–H groups in total. The summed E-state index contributed by atoms with van der Waals surface area (Å²) in [5.41, 5.74) is -0.900. The standard InChI is InChI=1S/C34H66O4/c1-27(2)17-11-13-23-33(9,25-15-19-29(5)6)37-31(35)21-22-32(36)38-34(10,26-16-20-30(7)8)24-14-12-18-28(3)4/h27-30H,11-26H2,1-10H3. The fraction of sp³-hybridized carbons (Fsp3) is 0.941. The Morgan fingerprint density at radius 1 is 0.474 bits per heavy atom. The first kappa shape index (κ1) is 36.9. The molecule has 4 nitrogen and oxygen atoms in total. The molecule has 0 fully saturated rings. The quantitative estimate of drug-likeness (QED) is 0.0959. The second-order valence-electron chi connectivity index (χ2n) is 14.2. The average Bonchev–Trinajstić information content (AvgIpc) is 2.77. The van der Waals surface area contributed by atoms with Crippen LogP contribution in [0.2, 0.25) is 0 Å². The maximum Gasteiger partial charge on any atom is 0.306 e. The monoisotopic (exact) mass is 538 g/mol. The van der Waals surface area contributed by atoms with Gasteiger partial charge in [0.25, 0.3) is 0 Å². The van der Waals surface area contributed by atoms with E-state index >= 15 is 0 Å². The van der Waals surface area contributed by atoms with Gasteiger partial charge in [-0.15, -0.1) is 0 Å². The third-order valence-corrected chi connectivity index (χ3v) is 7.70. The molecule has 2 atom stereocenters. The number of carbonyl (C=O) groups excluding carboxylic acids is 2. The van der Waals surface area contributed by atoms with E-state index in [4.69, 9.17) is 9.47 Å². The largest absolute Gasteiger partial charge is 0.459 e. The van der Waals surface area contributed by atoms with Gasteiger partial charge in [-0.3, -0.25) is 9.59 Å². The third-order valence-electron chi connectivity index (χ3n) is 7.70. The van der Waals surface area contributed by atoms with Crippen molar-refractivity contribution in [3.63, 3.8) is 0 Å². The molecule has 0 heterocycles. The molecule has 0 saturated carbocycles. The zero-order valence-corrected chi connectivity index (χ0v) is 27.3. The van der Waals surface area contributed by atoms with Crippen LogP contribution in [0.15, 0.2) is 0 Å². The minimum atomic E-state index is -0.450. The predicted molar refractivity (Wildman–Crippen MR) is 162 cm³/mol. The summed E-state index contributed by atoms with van der Waals surface area (Å²) in [7, 11) is 0. The summed E-state index contributed by atoms with van der Waals surface area (Å²) in [6, 6.07) is 0. The molecule has 0 aromatic carbocycles. The summed E-state index contributed by atoms with van der Waals surface area (Å²) in [6.07, 6.45) is 15.0. The minimum absolute atomic E-state index is 0.0972. The molecule has 0 spiro atoms. The van der Waals surface area contributed by atoms with Crippen LogP contribution in [0.25, 0.3) is 0 Å². The molecule has 0 aliphatic rings. The first-order valence-electron chi connectivity index (χ1n) is 16.1. The van der Waals surface area contributed by atoms with Crippen molar-refractivity contribution >= 4 is 11.9 Å². The van der Waals surface area contributed by atoms with E-state index in [0.717, 1.165) is 77.0 Å². The van der Waals surface area contributed by atoms with Crippen LogP contribution >= 0.6 is 0 Å². The number of esters is 2.